The summed E-state index contributed by atoms with van der Waals surface area (Å²) in [6, 6.07) is 0. The molecule has 0 bridgehead atoms. The van der Waals surface area contributed by atoms with Crippen molar-refractivity contribution in [2.45, 2.75) is 124 Å². The van der Waals surface area contributed by atoms with E-state index in [-0.39, 0.29) is 45.6 Å². The minimum absolute atomic E-state index is 0.0562. The molecule has 2 saturated heterocycles. The largest absolute Gasteiger partial charge is 0.361 e. The molecule has 37 heavy (non-hydrogen) atoms. The van der Waals surface area contributed by atoms with Gasteiger partial charge < -0.3 is 18.9 Å². The topological polar surface area (TPSA) is 57.3 Å². The summed E-state index contributed by atoms with van der Waals surface area (Å²) in [5.41, 5.74) is 1.85. The average molecular weight is 515 g/mol. The predicted octanol–water partition coefficient (Wildman–Crippen LogP) is 6.69. The van der Waals surface area contributed by atoms with E-state index in [1.54, 1.807) is 19.8 Å². The van der Waals surface area contributed by atoms with Crippen molar-refractivity contribution in [2.75, 3.05) is 14.2 Å². The van der Waals surface area contributed by atoms with Crippen LogP contribution in [0.4, 0.5) is 0 Å². The lowest BCUT2D eigenvalue weighted by Crippen LogP contribution is -2.57. The number of carbonyl (C=O) groups is 1. The van der Waals surface area contributed by atoms with Gasteiger partial charge in [-0.05, 0) is 86.4 Å². The maximum Gasteiger partial charge on any atom is 0.200 e. The van der Waals surface area contributed by atoms with Gasteiger partial charge >= 0.3 is 0 Å². The van der Waals surface area contributed by atoms with Gasteiger partial charge in [0.2, 0.25) is 5.79 Å². The van der Waals surface area contributed by atoms with Crippen LogP contribution in [-0.2, 0) is 23.7 Å². The molecule has 0 spiro atoms. The molecule has 5 heteroatoms. The molecule has 0 amide bonds. The maximum atomic E-state index is 12.9. The number of ether oxygens (including phenoxy) is 4. The van der Waals surface area contributed by atoms with Crippen LogP contribution >= 0.6 is 0 Å². The lowest BCUT2D eigenvalue weighted by Gasteiger charge is -2.63. The third-order valence-corrected chi connectivity index (χ3v) is 13.3. The molecule has 6 aliphatic rings. The summed E-state index contributed by atoms with van der Waals surface area (Å²) in [7, 11) is 3.55. The van der Waals surface area contributed by atoms with Crippen molar-refractivity contribution in [3.63, 3.8) is 0 Å². The van der Waals surface area contributed by atoms with E-state index in [1.165, 1.54) is 25.7 Å². The Morgan fingerprint density at radius 1 is 0.946 bits per heavy atom. The van der Waals surface area contributed by atoms with Crippen LogP contribution in [0.15, 0.2) is 11.6 Å². The van der Waals surface area contributed by atoms with E-state index in [9.17, 15) is 4.79 Å². The van der Waals surface area contributed by atoms with E-state index in [1.807, 2.05) is 0 Å². The second-order valence-electron chi connectivity index (χ2n) is 15.3. The molecule has 10 atom stereocenters. The minimum atomic E-state index is -0.730. The van der Waals surface area contributed by atoms with Crippen molar-refractivity contribution in [2.24, 2.45) is 45.3 Å². The van der Waals surface area contributed by atoms with Gasteiger partial charge in [0.25, 0.3) is 0 Å². The second kappa shape index (κ2) is 7.92. The van der Waals surface area contributed by atoms with Crippen LogP contribution in [0.5, 0.6) is 0 Å². The SMILES string of the molecule is COC1O[C@@](OC)(C2OC2(C)C)C[C@H]1[C@H]1CC[C@]2(C)C3=CC[C@H]4C(C)(C)C(=O)CC[C@]4(C)[C@@H]3CC[C@@]12C. The molecule has 4 aliphatic carbocycles. The summed E-state index contributed by atoms with van der Waals surface area (Å²) in [4.78, 5) is 12.9. The Morgan fingerprint density at radius 3 is 2.27 bits per heavy atom. The molecule has 5 nitrogen and oxygen atoms in total. The van der Waals surface area contributed by atoms with Crippen molar-refractivity contribution < 1.29 is 23.7 Å². The molecule has 6 rings (SSSR count). The first-order valence-corrected chi connectivity index (χ1v) is 14.9. The molecule has 208 valence electrons. The Morgan fingerprint density at radius 2 is 1.65 bits per heavy atom. The number of Topliss-reactive ketones (excluding diaryl/α,β-unsaturated/α-hetero) is 1. The number of hydrogen-bond acceptors (Lipinski definition) is 5. The monoisotopic (exact) mass is 514 g/mol. The van der Waals surface area contributed by atoms with Crippen LogP contribution in [0.25, 0.3) is 0 Å². The van der Waals surface area contributed by atoms with Crippen molar-refractivity contribution in [3.05, 3.63) is 11.6 Å². The number of fused-ring (bicyclic) bond motifs is 5. The molecule has 0 N–H and O–H groups in total. The van der Waals surface area contributed by atoms with E-state index in [0.29, 0.717) is 23.5 Å². The quantitative estimate of drug-likeness (QED) is 0.309. The number of rotatable bonds is 4. The van der Waals surface area contributed by atoms with E-state index < -0.39 is 5.79 Å². The Kier molecular flexibility index (Phi) is 5.67. The summed E-state index contributed by atoms with van der Waals surface area (Å²) in [5.74, 6) is 1.57. The summed E-state index contributed by atoms with van der Waals surface area (Å²) < 4.78 is 24.8. The number of epoxide rings is 1. The lowest BCUT2D eigenvalue weighted by molar-refractivity contribution is -0.268. The first kappa shape index (κ1) is 26.5. The zero-order valence-electron chi connectivity index (χ0n) is 24.7. The molecule has 2 unspecified atom stereocenters. The van der Waals surface area contributed by atoms with E-state index in [2.05, 4.69) is 54.5 Å². The molecular weight excluding hydrogens is 464 g/mol. The maximum absolute atomic E-state index is 12.9. The van der Waals surface area contributed by atoms with Gasteiger partial charge in [-0.1, -0.05) is 46.3 Å². The summed E-state index contributed by atoms with van der Waals surface area (Å²) in [6.45, 7) is 16.3. The number of hydrogen-bond donors (Lipinski definition) is 0. The number of allylic oxidation sites excluding steroid dienone is 2. The van der Waals surface area contributed by atoms with Crippen molar-refractivity contribution in [1.82, 2.24) is 0 Å². The lowest BCUT2D eigenvalue weighted by atomic mass is 9.41. The number of carbonyl (C=O) groups excluding carboxylic acids is 1. The Bertz CT molecular complexity index is 1010. The molecule has 0 aromatic rings. The third kappa shape index (κ3) is 3.27. The highest BCUT2D eigenvalue weighted by molar-refractivity contribution is 5.85. The third-order valence-electron chi connectivity index (χ3n) is 13.3. The van der Waals surface area contributed by atoms with Crippen molar-refractivity contribution in [3.8, 4) is 0 Å². The zero-order chi connectivity index (χ0) is 26.8. The molecule has 3 saturated carbocycles. The second-order valence-corrected chi connectivity index (χ2v) is 15.3. The van der Waals surface area contributed by atoms with Gasteiger partial charge in [0, 0.05) is 38.4 Å². The van der Waals surface area contributed by atoms with E-state index in [4.69, 9.17) is 18.9 Å². The van der Waals surface area contributed by atoms with Crippen LogP contribution in [0.3, 0.4) is 0 Å². The fourth-order valence-electron chi connectivity index (χ4n) is 10.8. The molecule has 0 aromatic heterocycles. The van der Waals surface area contributed by atoms with Gasteiger partial charge in [0.15, 0.2) is 6.29 Å². The Labute approximate surface area is 224 Å². The van der Waals surface area contributed by atoms with Gasteiger partial charge in [0.05, 0.1) is 5.60 Å². The summed E-state index contributed by atoms with van der Waals surface area (Å²) >= 11 is 0. The number of methoxy groups -OCH3 is 2. The predicted molar refractivity (Wildman–Crippen MR) is 143 cm³/mol. The normalized spacial score (nSPS) is 53.8. The smallest absolute Gasteiger partial charge is 0.200 e. The molecular formula is C32H50O5. The highest BCUT2D eigenvalue weighted by atomic mass is 16.8. The van der Waals surface area contributed by atoms with Crippen LogP contribution in [0.1, 0.15) is 99.8 Å². The summed E-state index contributed by atoms with van der Waals surface area (Å²) in [5, 5.41) is 0. The van der Waals surface area contributed by atoms with Crippen molar-refractivity contribution >= 4 is 5.78 Å². The Balaban J connectivity index is 1.33. The van der Waals surface area contributed by atoms with Crippen LogP contribution < -0.4 is 0 Å². The summed E-state index contributed by atoms with van der Waals surface area (Å²) in [6.07, 6.45) is 10.8. The van der Waals surface area contributed by atoms with Gasteiger partial charge in [-0.3, -0.25) is 4.79 Å². The number of ketones is 1. The van der Waals surface area contributed by atoms with Gasteiger partial charge in [-0.2, -0.15) is 0 Å². The van der Waals surface area contributed by atoms with Gasteiger partial charge in [0.1, 0.15) is 11.9 Å². The fourth-order valence-corrected chi connectivity index (χ4v) is 10.8. The first-order chi connectivity index (χ1) is 17.2. The Hall–Kier alpha value is -0.750. The van der Waals surface area contributed by atoms with Crippen LogP contribution in [0.2, 0.25) is 0 Å². The molecule has 5 fully saturated rings. The minimum Gasteiger partial charge on any atom is -0.361 e. The van der Waals surface area contributed by atoms with Crippen LogP contribution in [0, 0.1) is 45.3 Å². The van der Waals surface area contributed by atoms with Crippen LogP contribution in [-0.4, -0.2) is 43.8 Å². The molecule has 2 heterocycles. The highest BCUT2D eigenvalue weighted by Crippen LogP contribution is 2.74. The highest BCUT2D eigenvalue weighted by Gasteiger charge is 2.71. The molecule has 2 aliphatic heterocycles. The van der Waals surface area contributed by atoms with Gasteiger partial charge in [-0.15, -0.1) is 0 Å². The van der Waals surface area contributed by atoms with Gasteiger partial charge in [-0.25, -0.2) is 0 Å². The molecule has 0 radical (unpaired) electrons. The molecule has 0 aromatic carbocycles. The first-order valence-electron chi connectivity index (χ1n) is 14.9. The van der Waals surface area contributed by atoms with E-state index >= 15 is 0 Å². The standard InChI is InChI=1S/C32H50O5/c1-27(2)23-11-10-22-21(29(23,5)15-14-24(27)33)13-17-30(6)20(12-16-31(22,30)7)19-18-32(35-9,36-25(19)34-8)26-28(3,4)37-26/h10,19-21,23,25-26H,11-18H2,1-9H3/t19-,20+,21+,23-,25?,26?,29+,30-,31+,32+/m0/s1. The average Bonchev–Trinajstić information content (AvgIpc) is 3.20. The fraction of sp³-hybridized carbons (Fsp3) is 0.906. The van der Waals surface area contributed by atoms with Crippen molar-refractivity contribution in [1.29, 1.82) is 0 Å². The zero-order valence-corrected chi connectivity index (χ0v) is 24.7. The van der Waals surface area contributed by atoms with E-state index in [0.717, 1.165) is 25.7 Å².